The van der Waals surface area contributed by atoms with Gasteiger partial charge in [-0.1, -0.05) is 44.2 Å². The lowest BCUT2D eigenvalue weighted by atomic mass is 9.76. The molecule has 1 aromatic rings. The Bertz CT molecular complexity index is 458. The molecule has 0 aliphatic carbocycles. The highest BCUT2D eigenvalue weighted by Gasteiger charge is 2.32. The van der Waals surface area contributed by atoms with Crippen molar-refractivity contribution in [2.45, 2.75) is 40.2 Å². The molecule has 1 saturated heterocycles. The highest BCUT2D eigenvalue weighted by molar-refractivity contribution is 5.69. The molecule has 22 heavy (non-hydrogen) atoms. The lowest BCUT2D eigenvalue weighted by molar-refractivity contribution is -0.145. The topological polar surface area (TPSA) is 29.5 Å². The van der Waals surface area contributed by atoms with Crippen molar-refractivity contribution < 1.29 is 9.53 Å². The molecule has 0 amide bonds. The number of benzene rings is 1. The molecule has 1 fully saturated rings. The number of rotatable bonds is 6. The SMILES string of the molecule is CCOC(=O)CC1CCN(Cc2ccccc2)CC1C(C)C. The van der Waals surface area contributed by atoms with E-state index >= 15 is 0 Å². The van der Waals surface area contributed by atoms with E-state index in [0.717, 1.165) is 26.1 Å². The van der Waals surface area contributed by atoms with Crippen molar-refractivity contribution in [2.24, 2.45) is 17.8 Å². The molecule has 0 radical (unpaired) electrons. The predicted octanol–water partition coefficient (Wildman–Crippen LogP) is 3.73. The first kappa shape index (κ1) is 17.0. The third-order valence-corrected chi connectivity index (χ3v) is 4.73. The van der Waals surface area contributed by atoms with Gasteiger partial charge in [0.05, 0.1) is 6.61 Å². The van der Waals surface area contributed by atoms with Gasteiger partial charge in [0.15, 0.2) is 0 Å². The molecule has 2 rings (SSSR count). The number of likely N-dealkylation sites (tertiary alicyclic amines) is 1. The molecule has 1 aliphatic heterocycles. The van der Waals surface area contributed by atoms with Gasteiger partial charge in [-0.3, -0.25) is 9.69 Å². The molecular weight excluding hydrogens is 274 g/mol. The molecule has 3 heteroatoms. The molecule has 1 heterocycles. The van der Waals surface area contributed by atoms with Crippen molar-refractivity contribution in [1.29, 1.82) is 0 Å². The maximum absolute atomic E-state index is 11.8. The molecule has 0 saturated carbocycles. The van der Waals surface area contributed by atoms with Crippen LogP contribution >= 0.6 is 0 Å². The second-order valence-corrected chi connectivity index (χ2v) is 6.69. The fourth-order valence-corrected chi connectivity index (χ4v) is 3.53. The number of nitrogens with zero attached hydrogens (tertiary/aromatic N) is 1. The molecule has 3 nitrogen and oxygen atoms in total. The van der Waals surface area contributed by atoms with Crippen LogP contribution in [-0.2, 0) is 16.1 Å². The molecule has 122 valence electrons. The zero-order valence-corrected chi connectivity index (χ0v) is 14.1. The van der Waals surface area contributed by atoms with E-state index in [4.69, 9.17) is 4.74 Å². The van der Waals surface area contributed by atoms with Gasteiger partial charge in [0.25, 0.3) is 0 Å². The third-order valence-electron chi connectivity index (χ3n) is 4.73. The quantitative estimate of drug-likeness (QED) is 0.750. The van der Waals surface area contributed by atoms with Gasteiger partial charge in [0, 0.05) is 19.5 Å². The second-order valence-electron chi connectivity index (χ2n) is 6.69. The lowest BCUT2D eigenvalue weighted by Crippen LogP contribution is -2.42. The van der Waals surface area contributed by atoms with Gasteiger partial charge in [-0.25, -0.2) is 0 Å². The minimum absolute atomic E-state index is 0.0327. The first-order valence-electron chi connectivity index (χ1n) is 8.52. The predicted molar refractivity (Wildman–Crippen MR) is 89.4 cm³/mol. The first-order valence-corrected chi connectivity index (χ1v) is 8.52. The average Bonchev–Trinajstić information content (AvgIpc) is 2.50. The molecule has 1 aliphatic rings. The fraction of sp³-hybridized carbons (Fsp3) is 0.632. The van der Waals surface area contributed by atoms with E-state index in [9.17, 15) is 4.79 Å². The van der Waals surface area contributed by atoms with Gasteiger partial charge in [-0.05, 0) is 43.2 Å². The summed E-state index contributed by atoms with van der Waals surface area (Å²) in [6.45, 7) is 10.1. The van der Waals surface area contributed by atoms with Crippen LogP contribution in [0.1, 0.15) is 39.2 Å². The Balaban J connectivity index is 1.94. The number of carbonyl (C=O) groups excluding carboxylic acids is 1. The largest absolute Gasteiger partial charge is 0.466 e. The number of hydrogen-bond acceptors (Lipinski definition) is 3. The van der Waals surface area contributed by atoms with Crippen molar-refractivity contribution in [3.05, 3.63) is 35.9 Å². The Morgan fingerprint density at radius 1 is 1.32 bits per heavy atom. The van der Waals surface area contributed by atoms with Crippen molar-refractivity contribution in [2.75, 3.05) is 19.7 Å². The van der Waals surface area contributed by atoms with Crippen LogP contribution in [0.15, 0.2) is 30.3 Å². The van der Waals surface area contributed by atoms with E-state index in [2.05, 4.69) is 49.1 Å². The smallest absolute Gasteiger partial charge is 0.306 e. The van der Waals surface area contributed by atoms with E-state index in [1.807, 2.05) is 6.92 Å². The van der Waals surface area contributed by atoms with Crippen molar-refractivity contribution >= 4 is 5.97 Å². The Hall–Kier alpha value is -1.35. The van der Waals surface area contributed by atoms with Gasteiger partial charge >= 0.3 is 5.97 Å². The Kier molecular flexibility index (Phi) is 6.44. The van der Waals surface area contributed by atoms with Crippen LogP contribution in [0.5, 0.6) is 0 Å². The van der Waals surface area contributed by atoms with Crippen molar-refractivity contribution in [3.8, 4) is 0 Å². The third kappa shape index (κ3) is 4.84. The van der Waals surface area contributed by atoms with Crippen molar-refractivity contribution in [3.63, 3.8) is 0 Å². The summed E-state index contributed by atoms with van der Waals surface area (Å²) >= 11 is 0. The number of esters is 1. The lowest BCUT2D eigenvalue weighted by Gasteiger charge is -2.40. The first-order chi connectivity index (χ1) is 10.6. The summed E-state index contributed by atoms with van der Waals surface area (Å²) in [5.74, 6) is 1.60. The van der Waals surface area contributed by atoms with Crippen LogP contribution in [-0.4, -0.2) is 30.6 Å². The zero-order chi connectivity index (χ0) is 15.9. The summed E-state index contributed by atoms with van der Waals surface area (Å²) in [6.07, 6.45) is 1.67. The number of carbonyl (C=O) groups is 1. The van der Waals surface area contributed by atoms with Gasteiger partial charge in [-0.15, -0.1) is 0 Å². The Morgan fingerprint density at radius 2 is 2.05 bits per heavy atom. The van der Waals surface area contributed by atoms with Crippen LogP contribution in [0.4, 0.5) is 0 Å². The molecule has 0 bridgehead atoms. The number of piperidine rings is 1. The van der Waals surface area contributed by atoms with Crippen molar-refractivity contribution in [1.82, 2.24) is 4.90 Å². The maximum Gasteiger partial charge on any atom is 0.306 e. The highest BCUT2D eigenvalue weighted by Crippen LogP contribution is 2.32. The molecular formula is C19H29NO2. The maximum atomic E-state index is 11.8. The summed E-state index contributed by atoms with van der Waals surface area (Å²) in [4.78, 5) is 14.3. The molecule has 1 aromatic carbocycles. The van der Waals surface area contributed by atoms with E-state index in [0.29, 0.717) is 30.8 Å². The summed E-state index contributed by atoms with van der Waals surface area (Å²) in [6, 6.07) is 10.6. The van der Waals surface area contributed by atoms with Gasteiger partial charge in [-0.2, -0.15) is 0 Å². The molecule has 2 atom stereocenters. The Labute approximate surface area is 134 Å². The van der Waals surface area contributed by atoms with Crippen LogP contribution in [0, 0.1) is 17.8 Å². The summed E-state index contributed by atoms with van der Waals surface area (Å²) in [5, 5.41) is 0. The van der Waals surface area contributed by atoms with Crippen LogP contribution in [0.3, 0.4) is 0 Å². The molecule has 0 aromatic heterocycles. The standard InChI is InChI=1S/C19H29NO2/c1-4-22-19(21)12-17-10-11-20(14-18(17)15(2)3)13-16-8-6-5-7-9-16/h5-9,15,17-18H,4,10-14H2,1-3H3. The van der Waals surface area contributed by atoms with E-state index in [1.54, 1.807) is 0 Å². The highest BCUT2D eigenvalue weighted by atomic mass is 16.5. The van der Waals surface area contributed by atoms with Crippen LogP contribution in [0.2, 0.25) is 0 Å². The van der Waals surface area contributed by atoms with Gasteiger partial charge in [0.1, 0.15) is 0 Å². The molecule has 0 N–H and O–H groups in total. The van der Waals surface area contributed by atoms with Gasteiger partial charge in [0.2, 0.25) is 0 Å². The fourth-order valence-electron chi connectivity index (χ4n) is 3.53. The molecule has 2 unspecified atom stereocenters. The van der Waals surface area contributed by atoms with E-state index < -0.39 is 0 Å². The van der Waals surface area contributed by atoms with Crippen LogP contribution < -0.4 is 0 Å². The van der Waals surface area contributed by atoms with Gasteiger partial charge < -0.3 is 4.74 Å². The van der Waals surface area contributed by atoms with Crippen LogP contribution in [0.25, 0.3) is 0 Å². The zero-order valence-electron chi connectivity index (χ0n) is 14.1. The summed E-state index contributed by atoms with van der Waals surface area (Å²) in [5.41, 5.74) is 1.37. The normalized spacial score (nSPS) is 22.7. The van der Waals surface area contributed by atoms with E-state index in [1.165, 1.54) is 5.56 Å². The average molecular weight is 303 g/mol. The minimum Gasteiger partial charge on any atom is -0.466 e. The second kappa shape index (κ2) is 8.33. The monoisotopic (exact) mass is 303 g/mol. The Morgan fingerprint density at radius 3 is 2.68 bits per heavy atom. The molecule has 0 spiro atoms. The number of ether oxygens (including phenoxy) is 1. The van der Waals surface area contributed by atoms with E-state index in [-0.39, 0.29) is 5.97 Å². The summed E-state index contributed by atoms with van der Waals surface area (Å²) in [7, 11) is 0. The number of hydrogen-bond donors (Lipinski definition) is 0. The minimum atomic E-state index is -0.0327. The summed E-state index contributed by atoms with van der Waals surface area (Å²) < 4.78 is 5.14.